The van der Waals surface area contributed by atoms with Gasteiger partial charge in [0.2, 0.25) is 0 Å². The second kappa shape index (κ2) is 6.56. The van der Waals surface area contributed by atoms with E-state index in [2.05, 4.69) is 21.2 Å². The zero-order chi connectivity index (χ0) is 15.3. The maximum atomic E-state index is 11.6. The number of carboxylic acids is 1. The van der Waals surface area contributed by atoms with Gasteiger partial charge in [-0.25, -0.2) is 9.59 Å². The molecule has 0 saturated heterocycles. The number of amides is 1. The van der Waals surface area contributed by atoms with Crippen LogP contribution in [0.5, 0.6) is 0 Å². The first-order valence-corrected chi connectivity index (χ1v) is 6.67. The molecule has 20 heavy (non-hydrogen) atoms. The van der Waals surface area contributed by atoms with Crippen molar-refractivity contribution < 1.29 is 19.4 Å². The lowest BCUT2D eigenvalue weighted by Gasteiger charge is -2.19. The van der Waals surface area contributed by atoms with Crippen LogP contribution in [0.1, 0.15) is 26.3 Å². The molecule has 1 rings (SSSR count). The van der Waals surface area contributed by atoms with Gasteiger partial charge < -0.3 is 9.84 Å². The van der Waals surface area contributed by atoms with E-state index in [1.807, 2.05) is 6.07 Å². The van der Waals surface area contributed by atoms with Crippen LogP contribution in [0, 0.1) is 0 Å². The van der Waals surface area contributed by atoms with E-state index in [-0.39, 0.29) is 5.70 Å². The normalized spacial score (nSPS) is 11.9. The summed E-state index contributed by atoms with van der Waals surface area (Å²) in [6.45, 7) is 5.10. The average Bonchev–Trinajstić information content (AvgIpc) is 2.25. The molecule has 6 heteroatoms. The van der Waals surface area contributed by atoms with Gasteiger partial charge in [-0.15, -0.1) is 0 Å². The smallest absolute Gasteiger partial charge is 0.412 e. The van der Waals surface area contributed by atoms with Crippen LogP contribution in [0.15, 0.2) is 34.4 Å². The predicted octanol–water partition coefficient (Wildman–Crippen LogP) is 3.40. The molecule has 0 spiro atoms. The molecule has 0 bridgehead atoms. The summed E-state index contributed by atoms with van der Waals surface area (Å²) in [5.74, 6) is -1.24. The molecule has 1 amide bonds. The molecule has 0 aliphatic heterocycles. The first-order chi connectivity index (χ1) is 9.17. The van der Waals surface area contributed by atoms with Gasteiger partial charge >= 0.3 is 12.1 Å². The Bertz CT molecular complexity index is 546. The van der Waals surface area contributed by atoms with Crippen LogP contribution in [-0.2, 0) is 9.53 Å². The van der Waals surface area contributed by atoms with Crippen molar-refractivity contribution >= 4 is 34.1 Å². The molecule has 0 unspecified atom stereocenters. The molecule has 0 aliphatic carbocycles. The van der Waals surface area contributed by atoms with Crippen LogP contribution < -0.4 is 5.32 Å². The Kier molecular flexibility index (Phi) is 5.33. The minimum atomic E-state index is -1.24. The molecule has 1 aromatic carbocycles. The summed E-state index contributed by atoms with van der Waals surface area (Å²) >= 11 is 3.29. The fourth-order valence-corrected chi connectivity index (χ4v) is 1.74. The molecule has 0 saturated carbocycles. The Labute approximate surface area is 125 Å². The van der Waals surface area contributed by atoms with Crippen molar-refractivity contribution in [3.05, 3.63) is 40.0 Å². The van der Waals surface area contributed by atoms with Gasteiger partial charge in [-0.2, -0.15) is 0 Å². The molecule has 0 fully saturated rings. The highest BCUT2D eigenvalue weighted by Gasteiger charge is 2.19. The Balaban J connectivity index is 2.90. The Morgan fingerprint density at radius 3 is 2.50 bits per heavy atom. The monoisotopic (exact) mass is 341 g/mol. The third-order valence-corrected chi connectivity index (χ3v) is 2.52. The zero-order valence-electron chi connectivity index (χ0n) is 11.4. The third kappa shape index (κ3) is 5.88. The van der Waals surface area contributed by atoms with E-state index in [9.17, 15) is 9.59 Å². The largest absolute Gasteiger partial charge is 0.477 e. The van der Waals surface area contributed by atoms with Gasteiger partial charge in [0, 0.05) is 4.47 Å². The van der Waals surface area contributed by atoms with Crippen LogP contribution in [0.25, 0.3) is 6.08 Å². The van der Waals surface area contributed by atoms with Gasteiger partial charge in [0.25, 0.3) is 0 Å². The number of benzene rings is 1. The Morgan fingerprint density at radius 1 is 1.35 bits per heavy atom. The summed E-state index contributed by atoms with van der Waals surface area (Å²) in [6, 6.07) is 7.05. The molecule has 2 N–H and O–H groups in total. The number of carbonyl (C=O) groups is 2. The highest BCUT2D eigenvalue weighted by Crippen LogP contribution is 2.14. The third-order valence-electron chi connectivity index (χ3n) is 2.03. The fraction of sp³-hybridized carbons (Fsp3) is 0.286. The number of hydrogen-bond donors (Lipinski definition) is 2. The van der Waals surface area contributed by atoms with E-state index in [1.54, 1.807) is 39.0 Å². The summed E-state index contributed by atoms with van der Waals surface area (Å²) in [7, 11) is 0. The quantitative estimate of drug-likeness (QED) is 0.826. The summed E-state index contributed by atoms with van der Waals surface area (Å²) in [4.78, 5) is 22.7. The van der Waals surface area contributed by atoms with E-state index >= 15 is 0 Å². The lowest BCUT2D eigenvalue weighted by Crippen LogP contribution is -2.34. The lowest BCUT2D eigenvalue weighted by atomic mass is 10.2. The molecule has 1 aromatic rings. The Morgan fingerprint density at radius 2 is 2.00 bits per heavy atom. The summed E-state index contributed by atoms with van der Waals surface area (Å²) in [6.07, 6.45) is 0.554. The topological polar surface area (TPSA) is 75.6 Å². The SMILES string of the molecule is CC(C)(C)OC(=O)N/C(=C\c1cccc(Br)c1)C(=O)O. The second-order valence-corrected chi connectivity index (χ2v) is 5.96. The van der Waals surface area contributed by atoms with Crippen molar-refractivity contribution in [3.63, 3.8) is 0 Å². The molecule has 0 aromatic heterocycles. The van der Waals surface area contributed by atoms with Gasteiger partial charge in [0.1, 0.15) is 11.3 Å². The van der Waals surface area contributed by atoms with Crippen molar-refractivity contribution in [2.45, 2.75) is 26.4 Å². The summed E-state index contributed by atoms with van der Waals surface area (Å²) < 4.78 is 5.83. The number of alkyl carbamates (subject to hydrolysis) is 1. The highest BCUT2D eigenvalue weighted by molar-refractivity contribution is 9.10. The minimum absolute atomic E-state index is 0.252. The summed E-state index contributed by atoms with van der Waals surface area (Å²) in [5.41, 5.74) is -0.297. The van der Waals surface area contributed by atoms with Gasteiger partial charge in [-0.3, -0.25) is 5.32 Å². The van der Waals surface area contributed by atoms with Crippen LogP contribution in [0.3, 0.4) is 0 Å². The standard InChI is InChI=1S/C14H16BrNO4/c1-14(2,3)20-13(19)16-11(12(17)18)8-9-5-4-6-10(15)7-9/h4-8H,1-3H3,(H,16,19)(H,17,18)/b11-8-. The predicted molar refractivity (Wildman–Crippen MR) is 79.1 cm³/mol. The molecular formula is C14H16BrNO4. The van der Waals surface area contributed by atoms with Crippen molar-refractivity contribution in [1.29, 1.82) is 0 Å². The molecular weight excluding hydrogens is 326 g/mol. The summed E-state index contributed by atoms with van der Waals surface area (Å²) in [5, 5.41) is 11.3. The minimum Gasteiger partial charge on any atom is -0.477 e. The van der Waals surface area contributed by atoms with E-state index in [1.165, 1.54) is 6.08 Å². The van der Waals surface area contributed by atoms with Crippen LogP contribution in [-0.4, -0.2) is 22.8 Å². The van der Waals surface area contributed by atoms with E-state index < -0.39 is 17.7 Å². The molecule has 0 radical (unpaired) electrons. The van der Waals surface area contributed by atoms with E-state index in [4.69, 9.17) is 9.84 Å². The maximum absolute atomic E-state index is 11.6. The maximum Gasteiger partial charge on any atom is 0.412 e. The van der Waals surface area contributed by atoms with Gasteiger partial charge in [-0.1, -0.05) is 28.1 Å². The number of rotatable bonds is 3. The zero-order valence-corrected chi connectivity index (χ0v) is 13.0. The first-order valence-electron chi connectivity index (χ1n) is 5.88. The van der Waals surface area contributed by atoms with Crippen molar-refractivity contribution in [1.82, 2.24) is 5.32 Å². The number of ether oxygens (including phenoxy) is 1. The number of hydrogen-bond acceptors (Lipinski definition) is 3. The number of nitrogens with one attached hydrogen (secondary N) is 1. The van der Waals surface area contributed by atoms with Crippen LogP contribution in [0.2, 0.25) is 0 Å². The average molecular weight is 342 g/mol. The van der Waals surface area contributed by atoms with Gasteiger partial charge in [0.05, 0.1) is 0 Å². The fourth-order valence-electron chi connectivity index (χ4n) is 1.33. The number of carbonyl (C=O) groups excluding carboxylic acids is 1. The highest BCUT2D eigenvalue weighted by atomic mass is 79.9. The van der Waals surface area contributed by atoms with E-state index in [0.29, 0.717) is 5.56 Å². The van der Waals surface area contributed by atoms with Crippen molar-refractivity contribution in [2.75, 3.05) is 0 Å². The van der Waals surface area contributed by atoms with Crippen LogP contribution >= 0.6 is 15.9 Å². The molecule has 0 heterocycles. The van der Waals surface area contributed by atoms with Crippen LogP contribution in [0.4, 0.5) is 4.79 Å². The van der Waals surface area contributed by atoms with Crippen molar-refractivity contribution in [3.8, 4) is 0 Å². The second-order valence-electron chi connectivity index (χ2n) is 5.05. The lowest BCUT2D eigenvalue weighted by molar-refractivity contribution is -0.133. The van der Waals surface area contributed by atoms with Gasteiger partial charge in [-0.05, 0) is 44.5 Å². The van der Waals surface area contributed by atoms with E-state index in [0.717, 1.165) is 4.47 Å². The molecule has 108 valence electrons. The Hall–Kier alpha value is -1.82. The van der Waals surface area contributed by atoms with Crippen molar-refractivity contribution in [2.24, 2.45) is 0 Å². The van der Waals surface area contributed by atoms with Gasteiger partial charge in [0.15, 0.2) is 0 Å². The molecule has 0 atom stereocenters. The first kappa shape index (κ1) is 16.2. The molecule has 5 nitrogen and oxygen atoms in total. The number of halogens is 1. The molecule has 0 aliphatic rings. The number of carboxylic acid groups (broad SMARTS) is 1. The number of aliphatic carboxylic acids is 1.